The molecule has 0 aromatic carbocycles. The number of aromatic nitrogens is 2. The van der Waals surface area contributed by atoms with Gasteiger partial charge in [0.2, 0.25) is 5.95 Å². The van der Waals surface area contributed by atoms with E-state index in [-0.39, 0.29) is 11.7 Å². The lowest BCUT2D eigenvalue weighted by Crippen LogP contribution is -2.21. The van der Waals surface area contributed by atoms with Crippen molar-refractivity contribution < 1.29 is 24.3 Å². The zero-order chi connectivity index (χ0) is 13.3. The van der Waals surface area contributed by atoms with Gasteiger partial charge in [-0.3, -0.25) is 4.57 Å². The molecule has 1 aromatic rings. The van der Waals surface area contributed by atoms with Crippen molar-refractivity contribution >= 4 is 19.5 Å². The van der Waals surface area contributed by atoms with Crippen LogP contribution >= 0.6 is 7.60 Å². The number of nitrogens with one attached hydrogen (secondary N) is 1. The van der Waals surface area contributed by atoms with Crippen molar-refractivity contribution in [2.75, 3.05) is 11.9 Å². The largest absolute Gasteiger partial charge is 0.476 e. The molecule has 0 fully saturated rings. The summed E-state index contributed by atoms with van der Waals surface area (Å²) >= 11 is 0. The topological polar surface area (TPSA) is 125 Å². The maximum absolute atomic E-state index is 10.8. The number of fused-ring (bicyclic) bond motifs is 1. The number of carboxylic acids is 1. The zero-order valence-corrected chi connectivity index (χ0v) is 10.1. The predicted octanol–water partition coefficient (Wildman–Crippen LogP) is 0.629. The van der Waals surface area contributed by atoms with E-state index >= 15 is 0 Å². The van der Waals surface area contributed by atoms with E-state index in [4.69, 9.17) is 14.9 Å². The molecular weight excluding hydrogens is 261 g/mol. The molecule has 0 saturated heterocycles. The first kappa shape index (κ1) is 12.8. The van der Waals surface area contributed by atoms with Gasteiger partial charge in [0.25, 0.3) is 0 Å². The van der Waals surface area contributed by atoms with E-state index in [2.05, 4.69) is 10.3 Å². The van der Waals surface area contributed by atoms with Crippen molar-refractivity contribution in [2.24, 2.45) is 0 Å². The minimum Gasteiger partial charge on any atom is -0.476 e. The van der Waals surface area contributed by atoms with Crippen LogP contribution in [0.4, 0.5) is 5.95 Å². The number of carbonyl (C=O) groups is 1. The second-order valence-electron chi connectivity index (χ2n) is 3.88. The molecule has 1 unspecified atom stereocenters. The standard InChI is InChI=1S/C9H12N3O5P/c13-8(14)7-5-12-6(2-4-18(15,16)17)1-3-10-9(12)11-7/h2,4-6H,1,3H2,(H,10,11)(H,13,14)(H2,15,16,17). The molecule has 0 saturated carbocycles. The third-order valence-electron chi connectivity index (χ3n) is 2.53. The molecule has 9 heteroatoms. The second kappa shape index (κ2) is 4.56. The van der Waals surface area contributed by atoms with Gasteiger partial charge in [0.1, 0.15) is 0 Å². The highest BCUT2D eigenvalue weighted by molar-refractivity contribution is 7.55. The van der Waals surface area contributed by atoms with Gasteiger partial charge in [-0.25, -0.2) is 9.78 Å². The molecule has 1 atom stereocenters. The van der Waals surface area contributed by atoms with Crippen molar-refractivity contribution in [3.8, 4) is 0 Å². The number of hydrogen-bond acceptors (Lipinski definition) is 4. The Balaban J connectivity index is 2.30. The van der Waals surface area contributed by atoms with E-state index in [1.807, 2.05) is 0 Å². The van der Waals surface area contributed by atoms with Crippen LogP contribution in [0.1, 0.15) is 23.0 Å². The lowest BCUT2D eigenvalue weighted by Gasteiger charge is -2.23. The van der Waals surface area contributed by atoms with E-state index in [1.165, 1.54) is 12.3 Å². The Bertz CT molecular complexity index is 546. The number of allylic oxidation sites excluding steroid dienone is 1. The summed E-state index contributed by atoms with van der Waals surface area (Å²) in [7, 11) is -4.21. The third-order valence-corrected chi connectivity index (χ3v) is 3.09. The molecule has 0 aliphatic carbocycles. The van der Waals surface area contributed by atoms with Crippen LogP contribution in [0, 0.1) is 0 Å². The van der Waals surface area contributed by atoms with Crippen LogP contribution in [0.5, 0.6) is 0 Å². The molecule has 4 N–H and O–H groups in total. The summed E-state index contributed by atoms with van der Waals surface area (Å²) in [6.07, 6.45) is 3.32. The number of nitrogens with zero attached hydrogens (tertiary/aromatic N) is 2. The quantitative estimate of drug-likeness (QED) is 0.595. The van der Waals surface area contributed by atoms with Gasteiger partial charge in [-0.15, -0.1) is 0 Å². The summed E-state index contributed by atoms with van der Waals surface area (Å²) in [5.41, 5.74) is -0.103. The number of rotatable bonds is 3. The van der Waals surface area contributed by atoms with Crippen LogP contribution in [0.3, 0.4) is 0 Å². The summed E-state index contributed by atoms with van der Waals surface area (Å²) < 4.78 is 12.3. The van der Waals surface area contributed by atoms with Crippen molar-refractivity contribution in [1.29, 1.82) is 0 Å². The van der Waals surface area contributed by atoms with Gasteiger partial charge < -0.3 is 24.8 Å². The van der Waals surface area contributed by atoms with Crippen LogP contribution in [0.15, 0.2) is 18.1 Å². The Kier molecular flexibility index (Phi) is 3.25. The van der Waals surface area contributed by atoms with E-state index in [1.54, 1.807) is 4.57 Å². The Labute approximate surface area is 102 Å². The Morgan fingerprint density at radius 2 is 2.33 bits per heavy atom. The van der Waals surface area contributed by atoms with Gasteiger partial charge in [-0.2, -0.15) is 0 Å². The van der Waals surface area contributed by atoms with Crippen molar-refractivity contribution in [2.45, 2.75) is 12.5 Å². The fraction of sp³-hybridized carbons (Fsp3) is 0.333. The highest BCUT2D eigenvalue weighted by Gasteiger charge is 2.22. The minimum atomic E-state index is -4.21. The Morgan fingerprint density at radius 3 is 2.94 bits per heavy atom. The van der Waals surface area contributed by atoms with Gasteiger partial charge in [0.05, 0.1) is 6.04 Å². The van der Waals surface area contributed by atoms with E-state index in [9.17, 15) is 9.36 Å². The molecule has 18 heavy (non-hydrogen) atoms. The highest BCUT2D eigenvalue weighted by Crippen LogP contribution is 2.38. The Hall–Kier alpha value is -1.63. The van der Waals surface area contributed by atoms with Gasteiger partial charge in [0.15, 0.2) is 5.69 Å². The smallest absolute Gasteiger partial charge is 0.356 e. The molecule has 0 amide bonds. The van der Waals surface area contributed by atoms with Crippen molar-refractivity contribution in [3.05, 3.63) is 23.8 Å². The van der Waals surface area contributed by atoms with E-state index < -0.39 is 13.6 Å². The highest BCUT2D eigenvalue weighted by atomic mass is 31.2. The van der Waals surface area contributed by atoms with Crippen LogP contribution in [-0.2, 0) is 4.57 Å². The fourth-order valence-corrected chi connectivity index (χ4v) is 2.17. The average Bonchev–Trinajstić information content (AvgIpc) is 2.69. The number of imidazole rings is 1. The van der Waals surface area contributed by atoms with E-state index in [0.29, 0.717) is 18.9 Å². The summed E-state index contributed by atoms with van der Waals surface area (Å²) in [6.45, 7) is 0.562. The Morgan fingerprint density at radius 1 is 1.61 bits per heavy atom. The van der Waals surface area contributed by atoms with Crippen molar-refractivity contribution in [1.82, 2.24) is 9.55 Å². The summed E-state index contributed by atoms with van der Waals surface area (Å²) in [4.78, 5) is 32.2. The number of hydrogen-bond donors (Lipinski definition) is 4. The lowest BCUT2D eigenvalue weighted by atomic mass is 10.2. The first-order valence-electron chi connectivity index (χ1n) is 5.17. The molecule has 1 aliphatic heterocycles. The van der Waals surface area contributed by atoms with Crippen molar-refractivity contribution in [3.63, 3.8) is 0 Å². The minimum absolute atomic E-state index is 0.103. The lowest BCUT2D eigenvalue weighted by molar-refractivity contribution is 0.0691. The van der Waals surface area contributed by atoms with Gasteiger partial charge in [-0.05, 0) is 6.42 Å². The SMILES string of the molecule is O=C(O)c1cn2c(n1)NCCC2C=CP(=O)(O)O. The average molecular weight is 273 g/mol. The molecule has 1 aromatic heterocycles. The maximum atomic E-state index is 10.8. The number of aromatic carboxylic acids is 1. The summed E-state index contributed by atoms with van der Waals surface area (Å²) in [5.74, 6) is 0.0724. The first-order chi connectivity index (χ1) is 8.37. The molecule has 0 spiro atoms. The van der Waals surface area contributed by atoms with Gasteiger partial charge >= 0.3 is 13.6 Å². The molecule has 98 valence electrons. The molecule has 1 aliphatic rings. The normalized spacial score (nSPS) is 19.6. The van der Waals surface area contributed by atoms with Gasteiger partial charge in [0, 0.05) is 18.6 Å². The van der Waals surface area contributed by atoms with Crippen LogP contribution in [0.2, 0.25) is 0 Å². The van der Waals surface area contributed by atoms with Crippen LogP contribution < -0.4 is 5.32 Å². The zero-order valence-electron chi connectivity index (χ0n) is 9.22. The first-order valence-corrected chi connectivity index (χ1v) is 6.85. The van der Waals surface area contributed by atoms with E-state index in [0.717, 1.165) is 5.82 Å². The number of anilines is 1. The molecule has 2 heterocycles. The second-order valence-corrected chi connectivity index (χ2v) is 5.35. The molecule has 0 radical (unpaired) electrons. The molecule has 0 bridgehead atoms. The molecule has 8 nitrogen and oxygen atoms in total. The molecular formula is C9H12N3O5P. The van der Waals surface area contributed by atoms with Crippen LogP contribution in [0.25, 0.3) is 0 Å². The fourth-order valence-electron chi connectivity index (χ4n) is 1.75. The third kappa shape index (κ3) is 2.79. The summed E-state index contributed by atoms with van der Waals surface area (Å²) in [5, 5.41) is 11.8. The van der Waals surface area contributed by atoms with Gasteiger partial charge in [-0.1, -0.05) is 6.08 Å². The maximum Gasteiger partial charge on any atom is 0.356 e. The summed E-state index contributed by atoms with van der Waals surface area (Å²) in [6, 6.07) is -0.311. The monoisotopic (exact) mass is 273 g/mol. The number of carboxylic acid groups (broad SMARTS) is 1. The van der Waals surface area contributed by atoms with Crippen LogP contribution in [-0.4, -0.2) is 37.0 Å². The predicted molar refractivity (Wildman–Crippen MR) is 62.5 cm³/mol. The molecule has 2 rings (SSSR count).